The van der Waals surface area contributed by atoms with Crippen molar-refractivity contribution >= 4 is 10.8 Å². The zero-order chi connectivity index (χ0) is 13.3. The van der Waals surface area contributed by atoms with Crippen LogP contribution in [0.5, 0.6) is 0 Å². The van der Waals surface area contributed by atoms with Gasteiger partial charge in [-0.15, -0.1) is 0 Å². The van der Waals surface area contributed by atoms with Crippen LogP contribution < -0.4 is 11.4 Å². The van der Waals surface area contributed by atoms with Crippen molar-refractivity contribution in [3.05, 3.63) is 21.0 Å². The van der Waals surface area contributed by atoms with E-state index in [1.54, 1.807) is 16.4 Å². The molecule has 7 heteroatoms. The lowest BCUT2D eigenvalue weighted by Crippen LogP contribution is -2.52. The molecule has 2 bridgehead atoms. The SMILES string of the molecule is Cn1c(=O)n2n(c1=O)[C@H]1[C@H]3C4C5[C@@]6(CS(=O)C[C@@]516)[C@@H]2[C@@H]43. The molecule has 0 amide bonds. The standard InChI is InChI=1S/C13H13N3O3S/c1-14-10(17)15-8-5-4-6(5)9(16(15)11(14)18)13-3-20(19)2-12(8,13)7(4)13/h4-9H,2-3H2,1H3/t4?,5-,6-,7?,8-,9-,12-,13+,20?/m0/s1. The highest BCUT2D eigenvalue weighted by molar-refractivity contribution is 7.85. The fraction of sp³-hybridized carbons (Fsp3) is 0.846. The van der Waals surface area contributed by atoms with Crippen molar-refractivity contribution in [2.24, 2.45) is 41.5 Å². The lowest BCUT2D eigenvalue weighted by Gasteiger charge is -2.45. The second-order valence-electron chi connectivity index (χ2n) is 7.72. The average molecular weight is 291 g/mol. The molecule has 4 saturated carbocycles. The predicted molar refractivity (Wildman–Crippen MR) is 68.7 cm³/mol. The molecule has 0 aromatic carbocycles. The van der Waals surface area contributed by atoms with Crippen LogP contribution in [0.2, 0.25) is 0 Å². The molecule has 4 heterocycles. The number of hydrogen-bond acceptors (Lipinski definition) is 3. The van der Waals surface area contributed by atoms with E-state index in [1.807, 2.05) is 0 Å². The van der Waals surface area contributed by atoms with Crippen LogP contribution in [0.3, 0.4) is 0 Å². The van der Waals surface area contributed by atoms with Crippen LogP contribution in [-0.2, 0) is 17.8 Å². The molecule has 3 unspecified atom stereocenters. The zero-order valence-corrected chi connectivity index (χ0v) is 11.7. The first-order valence-corrected chi connectivity index (χ1v) is 8.81. The van der Waals surface area contributed by atoms with Crippen molar-refractivity contribution in [3.63, 3.8) is 0 Å². The van der Waals surface area contributed by atoms with Gasteiger partial charge in [0.1, 0.15) is 0 Å². The van der Waals surface area contributed by atoms with Gasteiger partial charge < -0.3 is 0 Å². The Balaban J connectivity index is 1.69. The van der Waals surface area contributed by atoms with E-state index >= 15 is 0 Å². The largest absolute Gasteiger partial charge is 0.347 e. The van der Waals surface area contributed by atoms with Gasteiger partial charge in [-0.05, 0) is 23.7 Å². The molecule has 5 fully saturated rings. The number of hydrogen-bond donors (Lipinski definition) is 0. The fourth-order valence-corrected chi connectivity index (χ4v) is 10.1. The minimum absolute atomic E-state index is 0.115. The van der Waals surface area contributed by atoms with Crippen molar-refractivity contribution in [2.75, 3.05) is 11.5 Å². The lowest BCUT2D eigenvalue weighted by molar-refractivity contribution is 0.0280. The van der Waals surface area contributed by atoms with Crippen LogP contribution in [0.4, 0.5) is 0 Å². The first-order valence-electron chi connectivity index (χ1n) is 7.32. The topological polar surface area (TPSA) is 66.0 Å². The molecule has 4 aliphatic carbocycles. The van der Waals surface area contributed by atoms with Gasteiger partial charge in [-0.1, -0.05) is 0 Å². The van der Waals surface area contributed by atoms with Gasteiger partial charge in [0, 0.05) is 40.2 Å². The van der Waals surface area contributed by atoms with Crippen LogP contribution in [0, 0.1) is 34.5 Å². The Morgan fingerprint density at radius 1 is 1.00 bits per heavy atom. The van der Waals surface area contributed by atoms with Crippen molar-refractivity contribution in [1.82, 2.24) is 13.9 Å². The molecule has 104 valence electrons. The first-order chi connectivity index (χ1) is 9.57. The van der Waals surface area contributed by atoms with Crippen LogP contribution in [0.25, 0.3) is 0 Å². The summed E-state index contributed by atoms with van der Waals surface area (Å²) in [7, 11) is 0.827. The van der Waals surface area contributed by atoms with Crippen LogP contribution in [0.15, 0.2) is 9.59 Å². The molecule has 1 aromatic rings. The van der Waals surface area contributed by atoms with Gasteiger partial charge in [0.2, 0.25) is 0 Å². The van der Waals surface area contributed by atoms with E-state index in [2.05, 4.69) is 0 Å². The molecule has 8 rings (SSSR count). The van der Waals surface area contributed by atoms with Crippen molar-refractivity contribution in [2.45, 2.75) is 12.1 Å². The summed E-state index contributed by atoms with van der Waals surface area (Å²) in [4.78, 5) is 24.9. The minimum Gasteiger partial charge on any atom is -0.260 e. The van der Waals surface area contributed by atoms with Crippen molar-refractivity contribution < 1.29 is 4.21 Å². The molecule has 20 heavy (non-hydrogen) atoms. The lowest BCUT2D eigenvalue weighted by atomic mass is 9.73. The molecule has 1 aromatic heterocycles. The Bertz CT molecular complexity index is 843. The summed E-state index contributed by atoms with van der Waals surface area (Å²) in [5.41, 5.74) is -0.0984. The number of aromatic nitrogens is 3. The summed E-state index contributed by atoms with van der Waals surface area (Å²) in [5.74, 6) is 4.12. The van der Waals surface area contributed by atoms with Crippen LogP contribution in [-0.4, -0.2) is 29.6 Å². The molecule has 0 radical (unpaired) electrons. The van der Waals surface area contributed by atoms with Gasteiger partial charge in [-0.3, -0.25) is 4.21 Å². The predicted octanol–water partition coefficient (Wildman–Crippen LogP) is -1.30. The van der Waals surface area contributed by atoms with Crippen molar-refractivity contribution in [3.8, 4) is 0 Å². The third-order valence-electron chi connectivity index (χ3n) is 7.78. The van der Waals surface area contributed by atoms with E-state index in [-0.39, 0.29) is 34.3 Å². The van der Waals surface area contributed by atoms with Crippen molar-refractivity contribution in [1.29, 1.82) is 0 Å². The Hall–Kier alpha value is -1.11. The fourth-order valence-electron chi connectivity index (χ4n) is 7.69. The quantitative estimate of drug-likeness (QED) is 0.597. The molecule has 3 aliphatic heterocycles. The number of rotatable bonds is 0. The van der Waals surface area contributed by atoms with Crippen LogP contribution >= 0.6 is 0 Å². The highest BCUT2D eigenvalue weighted by atomic mass is 32.2. The van der Waals surface area contributed by atoms with E-state index in [4.69, 9.17) is 0 Å². The smallest absolute Gasteiger partial charge is 0.260 e. The monoisotopic (exact) mass is 291 g/mol. The Morgan fingerprint density at radius 3 is 2.00 bits per heavy atom. The van der Waals surface area contributed by atoms with Gasteiger partial charge in [0.25, 0.3) is 0 Å². The normalized spacial score (nSPS) is 64.3. The maximum atomic E-state index is 12.5. The molecule has 9 atom stereocenters. The van der Waals surface area contributed by atoms with Gasteiger partial charge in [-0.2, -0.15) is 0 Å². The molecule has 1 saturated heterocycles. The first kappa shape index (κ1) is 9.76. The molecule has 0 N–H and O–H groups in total. The zero-order valence-electron chi connectivity index (χ0n) is 10.9. The second-order valence-corrected chi connectivity index (χ2v) is 9.18. The van der Waals surface area contributed by atoms with Crippen LogP contribution in [0.1, 0.15) is 12.1 Å². The second kappa shape index (κ2) is 2.14. The summed E-state index contributed by atoms with van der Waals surface area (Å²) in [5, 5.41) is 0. The van der Waals surface area contributed by atoms with Gasteiger partial charge in [0.05, 0.1) is 12.1 Å². The highest BCUT2D eigenvalue weighted by Gasteiger charge is 3.04. The third kappa shape index (κ3) is 0.528. The minimum atomic E-state index is -0.752. The van der Waals surface area contributed by atoms with E-state index < -0.39 is 10.8 Å². The molecule has 2 spiro atoms. The Morgan fingerprint density at radius 2 is 1.50 bits per heavy atom. The highest BCUT2D eigenvalue weighted by Crippen LogP contribution is 3.03. The van der Waals surface area contributed by atoms with Gasteiger partial charge in [-0.25, -0.2) is 23.5 Å². The summed E-state index contributed by atoms with van der Waals surface area (Å²) < 4.78 is 17.0. The third-order valence-corrected chi connectivity index (χ3v) is 9.38. The Labute approximate surface area is 115 Å². The summed E-state index contributed by atoms with van der Waals surface area (Å²) >= 11 is 0. The van der Waals surface area contributed by atoms with E-state index in [0.29, 0.717) is 17.8 Å². The van der Waals surface area contributed by atoms with Gasteiger partial charge in [0.15, 0.2) is 0 Å². The molecular weight excluding hydrogens is 278 g/mol. The summed E-state index contributed by atoms with van der Waals surface area (Å²) in [6, 6.07) is 0.334. The average Bonchev–Trinajstić information content (AvgIpc) is 3.04. The maximum absolute atomic E-state index is 12.5. The summed E-state index contributed by atoms with van der Waals surface area (Å²) in [6.45, 7) is 0. The molecule has 7 aliphatic rings. The Kier molecular flexibility index (Phi) is 1.04. The molecule has 6 nitrogen and oxygen atoms in total. The molecular formula is C13H13N3O3S. The van der Waals surface area contributed by atoms with E-state index in [1.165, 1.54) is 4.57 Å². The van der Waals surface area contributed by atoms with Gasteiger partial charge >= 0.3 is 11.4 Å². The summed E-state index contributed by atoms with van der Waals surface area (Å²) in [6.07, 6.45) is 0. The number of nitrogens with zero attached hydrogens (tertiary/aromatic N) is 3. The van der Waals surface area contributed by atoms with E-state index in [0.717, 1.165) is 17.4 Å². The van der Waals surface area contributed by atoms with E-state index in [9.17, 15) is 13.8 Å². The maximum Gasteiger partial charge on any atom is 0.347 e.